The molecule has 0 atom stereocenters. The summed E-state index contributed by atoms with van der Waals surface area (Å²) in [7, 11) is -6.22. The number of hydrogen-bond acceptors (Lipinski definition) is 0. The predicted molar refractivity (Wildman–Crippen MR) is 107 cm³/mol. The topological polar surface area (TPSA) is 0 Å². The molecule has 0 fully saturated rings. The fourth-order valence-corrected chi connectivity index (χ4v) is 4.54. The van der Waals surface area contributed by atoms with E-state index < -0.39 is 7.25 Å². The lowest BCUT2D eigenvalue weighted by molar-refractivity contribution is 0.368. The van der Waals surface area contributed by atoms with E-state index in [2.05, 4.69) is 36.4 Å². The van der Waals surface area contributed by atoms with Gasteiger partial charge in [0, 0.05) is 15.1 Å². The average Bonchev–Trinajstić information content (AvgIpc) is 2.59. The highest BCUT2D eigenvalue weighted by molar-refractivity contribution is 7.97. The molecule has 0 bridgehead atoms. The van der Waals surface area contributed by atoms with Gasteiger partial charge in [0.05, 0.1) is 10.9 Å². The smallest absolute Gasteiger partial charge is 0.418 e. The van der Waals surface area contributed by atoms with E-state index in [9.17, 15) is 17.3 Å². The Balaban J connectivity index is 0.000000465. The van der Waals surface area contributed by atoms with Crippen molar-refractivity contribution in [3.63, 3.8) is 0 Å². The van der Waals surface area contributed by atoms with Gasteiger partial charge in [0.25, 0.3) is 0 Å². The zero-order chi connectivity index (χ0) is 20.0. The first-order chi connectivity index (χ1) is 12.6. The van der Waals surface area contributed by atoms with Crippen molar-refractivity contribution in [1.82, 2.24) is 0 Å². The molecule has 0 aromatic heterocycles. The molecule has 0 nitrogen and oxygen atoms in total. The fraction of sp³-hybridized carbons (Fsp3) is 0. The number of benzene rings is 3. The molecule has 9 heteroatoms. The summed E-state index contributed by atoms with van der Waals surface area (Å²) in [6.07, 6.45) is 0. The fourth-order valence-electron chi connectivity index (χ4n) is 2.12. The maximum absolute atomic E-state index is 9.75. The molecule has 0 aliphatic rings. The maximum Gasteiger partial charge on any atom is 0.673 e. The quantitative estimate of drug-likeness (QED) is 0.214. The van der Waals surface area contributed by atoms with Crippen molar-refractivity contribution < 1.29 is 17.3 Å². The Kier molecular flexibility index (Phi) is 7.92. The summed E-state index contributed by atoms with van der Waals surface area (Å²) in [5.74, 6) is 0. The number of halogens is 7. The minimum absolute atomic E-state index is 0.215. The van der Waals surface area contributed by atoms with Crippen LogP contribution in [0.2, 0.25) is 15.1 Å². The highest BCUT2D eigenvalue weighted by atomic mass is 35.5. The first-order valence-electron chi connectivity index (χ1n) is 7.52. The molecule has 0 amide bonds. The van der Waals surface area contributed by atoms with Crippen LogP contribution in [0.4, 0.5) is 17.3 Å². The summed E-state index contributed by atoms with van der Waals surface area (Å²) in [6.45, 7) is 0. The Labute approximate surface area is 172 Å². The zero-order valence-corrected chi connectivity index (χ0v) is 16.6. The molecule has 27 heavy (non-hydrogen) atoms. The third-order valence-electron chi connectivity index (χ3n) is 3.15. The van der Waals surface area contributed by atoms with Crippen LogP contribution in [0.3, 0.4) is 0 Å². The molecule has 0 radical (unpaired) electrons. The molecular weight excluding hydrogens is 441 g/mol. The molecule has 3 aromatic rings. The Hall–Kier alpha value is -1.34. The van der Waals surface area contributed by atoms with Crippen molar-refractivity contribution in [2.24, 2.45) is 0 Å². The molecule has 0 unspecified atom stereocenters. The lowest BCUT2D eigenvalue weighted by Crippen LogP contribution is -2.04. The van der Waals surface area contributed by atoms with E-state index in [4.69, 9.17) is 34.8 Å². The number of rotatable bonds is 3. The first kappa shape index (κ1) is 22.0. The van der Waals surface area contributed by atoms with Gasteiger partial charge in [-0.1, -0.05) is 34.8 Å². The van der Waals surface area contributed by atoms with Gasteiger partial charge in [-0.2, -0.15) is 0 Å². The van der Waals surface area contributed by atoms with Crippen LogP contribution in [0.25, 0.3) is 0 Å². The van der Waals surface area contributed by atoms with Crippen LogP contribution in [0.15, 0.2) is 87.5 Å². The molecule has 0 saturated heterocycles. The van der Waals surface area contributed by atoms with Crippen molar-refractivity contribution in [3.05, 3.63) is 87.9 Å². The molecule has 0 aliphatic heterocycles. The zero-order valence-electron chi connectivity index (χ0n) is 13.6. The normalized spacial score (nSPS) is 11.1. The Morgan fingerprint density at radius 2 is 0.667 bits per heavy atom. The molecule has 3 aromatic carbocycles. The summed E-state index contributed by atoms with van der Waals surface area (Å²) >= 11 is 18.1. The van der Waals surface area contributed by atoms with Gasteiger partial charge in [0.1, 0.15) is 0 Å². The van der Waals surface area contributed by atoms with Gasteiger partial charge >= 0.3 is 7.25 Å². The second-order valence-electron chi connectivity index (χ2n) is 5.16. The largest absolute Gasteiger partial charge is 0.673 e. The number of hydrogen-bond donors (Lipinski definition) is 0. The lowest BCUT2D eigenvalue weighted by Gasteiger charge is -2.08. The average molecular weight is 454 g/mol. The highest BCUT2D eigenvalue weighted by Crippen LogP contribution is 2.33. The van der Waals surface area contributed by atoms with Gasteiger partial charge in [-0.15, -0.1) is 0 Å². The monoisotopic (exact) mass is 452 g/mol. The molecular formula is C18H12BCl3F4S. The van der Waals surface area contributed by atoms with Crippen LogP contribution in [-0.2, 0) is 10.9 Å². The standard InChI is InChI=1S/C18H12Cl3S.BF4/c19-13-1-7-16(8-2-13)22(17-9-3-14(20)4-10-17)18-11-5-15(21)6-12-18;2-1(3,4)5/h1-12H;/q+1;-1. The summed E-state index contributed by atoms with van der Waals surface area (Å²) in [4.78, 5) is 3.61. The van der Waals surface area contributed by atoms with Gasteiger partial charge in [0.15, 0.2) is 14.7 Å². The van der Waals surface area contributed by atoms with E-state index in [0.29, 0.717) is 0 Å². The maximum atomic E-state index is 9.75. The van der Waals surface area contributed by atoms with E-state index in [1.54, 1.807) is 0 Å². The summed E-state index contributed by atoms with van der Waals surface area (Å²) < 4.78 is 39.0. The minimum atomic E-state index is -6.00. The molecule has 0 heterocycles. The van der Waals surface area contributed by atoms with Gasteiger partial charge < -0.3 is 17.3 Å². The first-order valence-corrected chi connectivity index (χ1v) is 9.87. The Morgan fingerprint density at radius 1 is 0.481 bits per heavy atom. The Morgan fingerprint density at radius 3 is 0.852 bits per heavy atom. The van der Waals surface area contributed by atoms with Gasteiger partial charge in [0.2, 0.25) is 0 Å². The van der Waals surface area contributed by atoms with Gasteiger partial charge in [-0.3, -0.25) is 0 Å². The van der Waals surface area contributed by atoms with Crippen molar-refractivity contribution in [2.45, 2.75) is 14.7 Å². The van der Waals surface area contributed by atoms with Crippen molar-refractivity contribution >= 4 is 53.0 Å². The summed E-state index contributed by atoms with van der Waals surface area (Å²) in [5.41, 5.74) is 0. The van der Waals surface area contributed by atoms with Gasteiger partial charge in [-0.25, -0.2) is 0 Å². The second-order valence-corrected chi connectivity index (χ2v) is 8.50. The SMILES string of the molecule is Clc1ccc([S+](c2ccc(Cl)cc2)c2ccc(Cl)cc2)cc1.F[B-](F)(F)F. The third-order valence-corrected chi connectivity index (χ3v) is 6.13. The lowest BCUT2D eigenvalue weighted by atomic mass is 10.3. The third kappa shape index (κ3) is 7.66. The van der Waals surface area contributed by atoms with Crippen LogP contribution >= 0.6 is 34.8 Å². The Bertz CT molecular complexity index is 740. The van der Waals surface area contributed by atoms with Crippen LogP contribution in [0.5, 0.6) is 0 Å². The van der Waals surface area contributed by atoms with E-state index in [-0.39, 0.29) is 10.9 Å². The minimum Gasteiger partial charge on any atom is -0.418 e. The molecule has 0 aliphatic carbocycles. The molecule has 142 valence electrons. The predicted octanol–water partition coefficient (Wildman–Crippen LogP) is 8.04. The summed E-state index contributed by atoms with van der Waals surface area (Å²) in [5, 5.41) is 2.21. The van der Waals surface area contributed by atoms with Crippen molar-refractivity contribution in [1.29, 1.82) is 0 Å². The highest BCUT2D eigenvalue weighted by Gasteiger charge is 2.28. The molecule has 0 saturated carbocycles. The van der Waals surface area contributed by atoms with E-state index in [1.807, 2.05) is 36.4 Å². The van der Waals surface area contributed by atoms with Crippen LogP contribution < -0.4 is 0 Å². The molecule has 0 N–H and O–H groups in total. The van der Waals surface area contributed by atoms with E-state index >= 15 is 0 Å². The molecule has 3 rings (SSSR count). The second kappa shape index (κ2) is 9.74. The summed E-state index contributed by atoms with van der Waals surface area (Å²) in [6, 6.07) is 23.9. The van der Waals surface area contributed by atoms with Crippen LogP contribution in [-0.4, -0.2) is 7.25 Å². The molecule has 0 spiro atoms. The van der Waals surface area contributed by atoms with E-state index in [0.717, 1.165) is 15.1 Å². The van der Waals surface area contributed by atoms with Crippen LogP contribution in [0.1, 0.15) is 0 Å². The van der Waals surface area contributed by atoms with Crippen molar-refractivity contribution in [2.75, 3.05) is 0 Å². The van der Waals surface area contributed by atoms with E-state index in [1.165, 1.54) is 14.7 Å². The van der Waals surface area contributed by atoms with Gasteiger partial charge in [-0.05, 0) is 72.8 Å². The van der Waals surface area contributed by atoms with Crippen molar-refractivity contribution in [3.8, 4) is 0 Å². The van der Waals surface area contributed by atoms with Crippen LogP contribution in [0, 0.1) is 0 Å².